The van der Waals surface area contributed by atoms with E-state index in [1.807, 2.05) is 11.8 Å². The number of amides is 2. The van der Waals surface area contributed by atoms with Crippen LogP contribution in [0, 0.1) is 11.8 Å². The van der Waals surface area contributed by atoms with Crippen molar-refractivity contribution in [2.75, 3.05) is 31.6 Å². The fourth-order valence-corrected chi connectivity index (χ4v) is 4.21. The molecule has 0 radical (unpaired) electrons. The molecule has 1 aliphatic heterocycles. The van der Waals surface area contributed by atoms with Crippen LogP contribution in [0.5, 0.6) is 5.75 Å². The molecule has 1 aromatic rings. The number of ether oxygens (including phenoxy) is 1. The lowest BCUT2D eigenvalue weighted by Crippen LogP contribution is -2.35. The van der Waals surface area contributed by atoms with Gasteiger partial charge in [0, 0.05) is 24.6 Å². The molecule has 0 unspecified atom stereocenters. The minimum Gasteiger partial charge on any atom is -0.492 e. The van der Waals surface area contributed by atoms with Crippen molar-refractivity contribution < 1.29 is 14.3 Å². The molecule has 3 N–H and O–H groups in total. The summed E-state index contributed by atoms with van der Waals surface area (Å²) < 4.78 is 5.67. The van der Waals surface area contributed by atoms with Gasteiger partial charge >= 0.3 is 0 Å². The fraction of sp³-hybridized carbons (Fsp3) is 0.619. The van der Waals surface area contributed by atoms with E-state index < -0.39 is 0 Å². The molecule has 1 heterocycles. The Bertz CT molecular complexity index is 677. The van der Waals surface area contributed by atoms with Crippen LogP contribution in [0.1, 0.15) is 55.8 Å². The third-order valence-electron chi connectivity index (χ3n) is 5.73. The highest BCUT2D eigenvalue weighted by Gasteiger charge is 2.32. The van der Waals surface area contributed by atoms with Crippen molar-refractivity contribution in [1.29, 1.82) is 0 Å². The first-order valence-electron chi connectivity index (χ1n) is 10.2. The van der Waals surface area contributed by atoms with Crippen molar-refractivity contribution in [2.45, 2.75) is 45.4 Å². The lowest BCUT2D eigenvalue weighted by molar-refractivity contribution is -0.120. The molecule has 156 valence electrons. The van der Waals surface area contributed by atoms with Crippen molar-refractivity contribution >= 4 is 29.9 Å². The standard InChI is InChI=1S/C21H31N3O3.ClH/c1-2-27-19-10-9-15(21(26)24-11-4-3-5-12-24)13-18(19)23-20(25)17-8-6-7-16(17)14-22;/h9-10,13,16-17H,2-8,11-12,14,22H2,1H3,(H,23,25);1H/t16-,17-;/m1./s1. The number of hydrogen-bond acceptors (Lipinski definition) is 4. The number of carbonyl (C=O) groups excluding carboxylic acids is 2. The summed E-state index contributed by atoms with van der Waals surface area (Å²) in [6.45, 7) is 4.53. The van der Waals surface area contributed by atoms with E-state index in [9.17, 15) is 9.59 Å². The van der Waals surface area contributed by atoms with E-state index in [2.05, 4.69) is 5.32 Å². The van der Waals surface area contributed by atoms with Gasteiger partial charge in [0.1, 0.15) is 5.75 Å². The van der Waals surface area contributed by atoms with E-state index in [-0.39, 0.29) is 36.1 Å². The van der Waals surface area contributed by atoms with Crippen LogP contribution < -0.4 is 15.8 Å². The van der Waals surface area contributed by atoms with Crippen LogP contribution >= 0.6 is 12.4 Å². The van der Waals surface area contributed by atoms with Gasteiger partial charge in [-0.3, -0.25) is 9.59 Å². The smallest absolute Gasteiger partial charge is 0.253 e. The van der Waals surface area contributed by atoms with Gasteiger partial charge in [0.05, 0.1) is 12.3 Å². The highest BCUT2D eigenvalue weighted by atomic mass is 35.5. The van der Waals surface area contributed by atoms with Crippen molar-refractivity contribution in [3.8, 4) is 5.75 Å². The summed E-state index contributed by atoms with van der Waals surface area (Å²) in [5.74, 6) is 0.772. The van der Waals surface area contributed by atoms with Crippen LogP contribution in [0.15, 0.2) is 18.2 Å². The molecule has 1 aliphatic carbocycles. The van der Waals surface area contributed by atoms with Gasteiger partial charge in [0.25, 0.3) is 5.91 Å². The lowest BCUT2D eigenvalue weighted by atomic mass is 9.95. The minimum absolute atomic E-state index is 0. The molecule has 0 bridgehead atoms. The Morgan fingerprint density at radius 2 is 1.93 bits per heavy atom. The molecule has 1 saturated heterocycles. The Labute approximate surface area is 173 Å². The van der Waals surface area contributed by atoms with Gasteiger partial charge in [-0.25, -0.2) is 0 Å². The van der Waals surface area contributed by atoms with E-state index >= 15 is 0 Å². The molecule has 28 heavy (non-hydrogen) atoms. The van der Waals surface area contributed by atoms with Gasteiger partial charge in [0.2, 0.25) is 5.91 Å². The molecule has 1 saturated carbocycles. The first kappa shape index (κ1) is 22.5. The number of nitrogens with one attached hydrogen (secondary N) is 1. The summed E-state index contributed by atoms with van der Waals surface area (Å²) in [6, 6.07) is 5.33. The van der Waals surface area contributed by atoms with Gasteiger partial charge in [-0.1, -0.05) is 6.42 Å². The normalized spacial score (nSPS) is 21.7. The maximum absolute atomic E-state index is 12.8. The van der Waals surface area contributed by atoms with E-state index in [0.29, 0.717) is 30.2 Å². The van der Waals surface area contributed by atoms with Crippen LogP contribution in [-0.2, 0) is 4.79 Å². The van der Waals surface area contributed by atoms with Crippen LogP contribution in [0.25, 0.3) is 0 Å². The minimum atomic E-state index is -0.0640. The fourth-order valence-electron chi connectivity index (χ4n) is 4.21. The zero-order chi connectivity index (χ0) is 19.2. The second-order valence-electron chi connectivity index (χ2n) is 7.52. The monoisotopic (exact) mass is 409 g/mol. The van der Waals surface area contributed by atoms with E-state index in [1.54, 1.807) is 18.2 Å². The number of hydrogen-bond donors (Lipinski definition) is 2. The SMILES string of the molecule is CCOc1ccc(C(=O)N2CCCCC2)cc1NC(=O)[C@@H]1CCC[C@@H]1CN.Cl. The molecule has 2 atom stereocenters. The summed E-state index contributed by atoms with van der Waals surface area (Å²) >= 11 is 0. The molecule has 3 rings (SSSR count). The molecule has 2 amide bonds. The Hall–Kier alpha value is -1.79. The van der Waals surface area contributed by atoms with E-state index in [4.69, 9.17) is 10.5 Å². The van der Waals surface area contributed by atoms with Crippen molar-refractivity contribution in [1.82, 2.24) is 4.90 Å². The van der Waals surface area contributed by atoms with E-state index in [1.165, 1.54) is 6.42 Å². The molecule has 7 heteroatoms. The summed E-state index contributed by atoms with van der Waals surface area (Å²) in [6.07, 6.45) is 6.18. The van der Waals surface area contributed by atoms with Crippen LogP contribution in [0.4, 0.5) is 5.69 Å². The number of likely N-dealkylation sites (tertiary alicyclic amines) is 1. The maximum Gasteiger partial charge on any atom is 0.253 e. The maximum atomic E-state index is 12.8. The van der Waals surface area contributed by atoms with Crippen LogP contribution in [0.3, 0.4) is 0 Å². The second-order valence-corrected chi connectivity index (χ2v) is 7.52. The van der Waals surface area contributed by atoms with Crippen molar-refractivity contribution in [3.63, 3.8) is 0 Å². The summed E-state index contributed by atoms with van der Waals surface area (Å²) in [7, 11) is 0. The number of piperidine rings is 1. The Morgan fingerprint density at radius 1 is 1.18 bits per heavy atom. The number of anilines is 1. The van der Waals surface area contributed by atoms with Crippen molar-refractivity contribution in [2.24, 2.45) is 17.6 Å². The number of carbonyl (C=O) groups is 2. The largest absolute Gasteiger partial charge is 0.492 e. The topological polar surface area (TPSA) is 84.7 Å². The van der Waals surface area contributed by atoms with Gasteiger partial charge in [0.15, 0.2) is 0 Å². The molecule has 2 fully saturated rings. The Kier molecular flexibility index (Phi) is 8.58. The summed E-state index contributed by atoms with van der Waals surface area (Å²) in [5.41, 5.74) is 7.00. The third kappa shape index (κ3) is 5.17. The third-order valence-corrected chi connectivity index (χ3v) is 5.73. The van der Waals surface area contributed by atoms with Gasteiger partial charge < -0.3 is 20.7 Å². The number of halogens is 1. The molecule has 6 nitrogen and oxygen atoms in total. The molecule has 1 aromatic carbocycles. The van der Waals surface area contributed by atoms with Crippen LogP contribution in [-0.4, -0.2) is 43.0 Å². The molecule has 2 aliphatic rings. The highest BCUT2D eigenvalue weighted by Crippen LogP contribution is 2.34. The number of benzene rings is 1. The quantitative estimate of drug-likeness (QED) is 0.753. The number of nitrogens with two attached hydrogens (primary N) is 1. The lowest BCUT2D eigenvalue weighted by Gasteiger charge is -2.27. The first-order chi connectivity index (χ1) is 13.1. The molecule has 0 spiro atoms. The molecule has 0 aromatic heterocycles. The number of nitrogens with zero attached hydrogens (tertiary/aromatic N) is 1. The summed E-state index contributed by atoms with van der Waals surface area (Å²) in [4.78, 5) is 27.5. The second kappa shape index (κ2) is 10.7. The zero-order valence-electron chi connectivity index (χ0n) is 16.6. The summed E-state index contributed by atoms with van der Waals surface area (Å²) in [5, 5.41) is 3.01. The Morgan fingerprint density at radius 3 is 2.61 bits per heavy atom. The van der Waals surface area contributed by atoms with E-state index in [0.717, 1.165) is 45.2 Å². The van der Waals surface area contributed by atoms with Crippen molar-refractivity contribution in [3.05, 3.63) is 23.8 Å². The molecular formula is C21H32ClN3O3. The predicted molar refractivity (Wildman–Crippen MR) is 113 cm³/mol. The predicted octanol–water partition coefficient (Wildman–Crippen LogP) is 3.45. The average Bonchev–Trinajstić information content (AvgIpc) is 3.18. The van der Waals surface area contributed by atoms with Gasteiger partial charge in [-0.05, 0) is 69.7 Å². The average molecular weight is 410 g/mol. The van der Waals surface area contributed by atoms with Crippen LogP contribution in [0.2, 0.25) is 0 Å². The highest BCUT2D eigenvalue weighted by molar-refractivity contribution is 5.99. The zero-order valence-corrected chi connectivity index (χ0v) is 17.4. The molecular weight excluding hydrogens is 378 g/mol. The van der Waals surface area contributed by atoms with Gasteiger partial charge in [-0.2, -0.15) is 0 Å². The Balaban J connectivity index is 0.00000280. The first-order valence-corrected chi connectivity index (χ1v) is 10.2. The van der Waals surface area contributed by atoms with Gasteiger partial charge in [-0.15, -0.1) is 12.4 Å². The number of rotatable bonds is 6.